The minimum atomic E-state index is -0.505. The SMILES string of the molecule is CC12NCC(CN1)NC2=O. The third-order valence-corrected chi connectivity index (χ3v) is 2.19. The number of carbonyl (C=O) groups is 1. The van der Waals surface area contributed by atoms with E-state index in [1.807, 2.05) is 6.92 Å². The lowest BCUT2D eigenvalue weighted by Crippen LogP contribution is -2.78. The maximum absolute atomic E-state index is 11.1. The van der Waals surface area contributed by atoms with Crippen LogP contribution in [0.25, 0.3) is 0 Å². The Morgan fingerprint density at radius 3 is 2.40 bits per heavy atom. The van der Waals surface area contributed by atoms with Gasteiger partial charge in [-0.05, 0) is 6.92 Å². The molecule has 3 N–H and O–H groups in total. The van der Waals surface area contributed by atoms with E-state index >= 15 is 0 Å². The van der Waals surface area contributed by atoms with E-state index in [1.165, 1.54) is 0 Å². The van der Waals surface area contributed by atoms with Crippen LogP contribution in [0.3, 0.4) is 0 Å². The number of nitrogens with one attached hydrogen (secondary N) is 3. The van der Waals surface area contributed by atoms with Crippen LogP contribution in [-0.2, 0) is 4.79 Å². The fraction of sp³-hybridized carbons (Fsp3) is 0.833. The van der Waals surface area contributed by atoms with E-state index in [2.05, 4.69) is 16.0 Å². The zero-order valence-corrected chi connectivity index (χ0v) is 5.90. The maximum atomic E-state index is 11.1. The molecule has 0 aromatic heterocycles. The lowest BCUT2D eigenvalue weighted by atomic mass is 10.0. The van der Waals surface area contributed by atoms with Crippen LogP contribution in [0.15, 0.2) is 0 Å². The fourth-order valence-electron chi connectivity index (χ4n) is 1.38. The van der Waals surface area contributed by atoms with Gasteiger partial charge in [0.2, 0.25) is 0 Å². The summed E-state index contributed by atoms with van der Waals surface area (Å²) in [6, 6.07) is 0.286. The standard InChI is InChI=1S/C6H11N3O/c1-6-5(10)9-4(2-7-6)3-8-6/h4,7-8H,2-3H2,1H3,(H,9,10). The van der Waals surface area contributed by atoms with Crippen molar-refractivity contribution >= 4 is 5.91 Å². The molecule has 3 rings (SSSR count). The van der Waals surface area contributed by atoms with Crippen molar-refractivity contribution in [2.24, 2.45) is 0 Å². The number of rotatable bonds is 0. The molecule has 56 valence electrons. The van der Waals surface area contributed by atoms with Crippen molar-refractivity contribution in [2.45, 2.75) is 18.6 Å². The molecule has 0 unspecified atom stereocenters. The minimum Gasteiger partial charge on any atom is -0.348 e. The molecule has 1 amide bonds. The van der Waals surface area contributed by atoms with E-state index < -0.39 is 5.66 Å². The highest BCUT2D eigenvalue weighted by atomic mass is 16.2. The van der Waals surface area contributed by atoms with E-state index in [-0.39, 0.29) is 11.9 Å². The van der Waals surface area contributed by atoms with Gasteiger partial charge in [0.05, 0.1) is 6.04 Å². The molecular formula is C6H11N3O. The molecule has 3 aliphatic rings. The van der Waals surface area contributed by atoms with Crippen molar-refractivity contribution in [3.8, 4) is 0 Å². The minimum absolute atomic E-state index is 0.0648. The second-order valence-corrected chi connectivity index (χ2v) is 3.06. The van der Waals surface area contributed by atoms with Gasteiger partial charge >= 0.3 is 0 Å². The van der Waals surface area contributed by atoms with Crippen LogP contribution in [0.5, 0.6) is 0 Å². The molecular weight excluding hydrogens is 130 g/mol. The molecule has 0 spiro atoms. The predicted molar refractivity (Wildman–Crippen MR) is 36.3 cm³/mol. The molecule has 0 aliphatic carbocycles. The highest BCUT2D eigenvalue weighted by Gasteiger charge is 2.42. The van der Waals surface area contributed by atoms with Crippen molar-refractivity contribution in [2.75, 3.05) is 13.1 Å². The first kappa shape index (κ1) is 6.12. The number of hydrogen-bond donors (Lipinski definition) is 3. The van der Waals surface area contributed by atoms with Crippen molar-refractivity contribution in [3.05, 3.63) is 0 Å². The molecule has 3 fully saturated rings. The lowest BCUT2D eigenvalue weighted by Gasteiger charge is -2.45. The third kappa shape index (κ3) is 0.660. The zero-order valence-electron chi connectivity index (χ0n) is 5.90. The van der Waals surface area contributed by atoms with E-state index in [9.17, 15) is 4.79 Å². The molecule has 0 aromatic carbocycles. The summed E-state index contributed by atoms with van der Waals surface area (Å²) >= 11 is 0. The Hall–Kier alpha value is -0.610. The van der Waals surface area contributed by atoms with Crippen LogP contribution in [0, 0.1) is 0 Å². The first-order chi connectivity index (χ1) is 4.71. The molecule has 2 bridgehead atoms. The molecule has 0 atom stereocenters. The van der Waals surface area contributed by atoms with E-state index in [1.54, 1.807) is 0 Å². The lowest BCUT2D eigenvalue weighted by molar-refractivity contribution is -0.134. The molecule has 0 aromatic rings. The largest absolute Gasteiger partial charge is 0.348 e. The van der Waals surface area contributed by atoms with Crippen molar-refractivity contribution in [1.82, 2.24) is 16.0 Å². The molecule has 3 aliphatic heterocycles. The van der Waals surface area contributed by atoms with Gasteiger partial charge in [0.25, 0.3) is 5.91 Å². The number of piperazine rings is 2. The predicted octanol–water partition coefficient (Wildman–Crippen LogP) is -1.61. The topological polar surface area (TPSA) is 53.2 Å². The van der Waals surface area contributed by atoms with Crippen molar-refractivity contribution in [1.29, 1.82) is 0 Å². The Kier molecular flexibility index (Phi) is 1.04. The summed E-state index contributed by atoms with van der Waals surface area (Å²) in [5, 5.41) is 9.14. The summed E-state index contributed by atoms with van der Waals surface area (Å²) in [5.41, 5.74) is -0.505. The first-order valence-electron chi connectivity index (χ1n) is 3.52. The highest BCUT2D eigenvalue weighted by Crippen LogP contribution is 2.10. The average molecular weight is 141 g/mol. The zero-order chi connectivity index (χ0) is 7.19. The Morgan fingerprint density at radius 2 is 2.10 bits per heavy atom. The van der Waals surface area contributed by atoms with Gasteiger partial charge < -0.3 is 5.32 Å². The third-order valence-electron chi connectivity index (χ3n) is 2.19. The van der Waals surface area contributed by atoms with Crippen LogP contribution in [0.4, 0.5) is 0 Å². The fourth-order valence-corrected chi connectivity index (χ4v) is 1.38. The second-order valence-electron chi connectivity index (χ2n) is 3.06. The summed E-state index contributed by atoms with van der Waals surface area (Å²) in [7, 11) is 0. The van der Waals surface area contributed by atoms with Gasteiger partial charge in [-0.1, -0.05) is 0 Å². The van der Waals surface area contributed by atoms with Gasteiger partial charge in [0.1, 0.15) is 5.66 Å². The molecule has 10 heavy (non-hydrogen) atoms. The van der Waals surface area contributed by atoms with Crippen LogP contribution < -0.4 is 16.0 Å². The number of fused-ring (bicyclic) bond motifs is 3. The summed E-state index contributed by atoms with van der Waals surface area (Å²) in [6.45, 7) is 3.63. The van der Waals surface area contributed by atoms with Gasteiger partial charge in [-0.25, -0.2) is 0 Å². The normalized spacial score (nSPS) is 45.3. The van der Waals surface area contributed by atoms with E-state index in [4.69, 9.17) is 0 Å². The van der Waals surface area contributed by atoms with Gasteiger partial charge in [-0.3, -0.25) is 15.4 Å². The molecule has 4 heteroatoms. The Morgan fingerprint density at radius 1 is 1.50 bits per heavy atom. The Bertz CT molecular complexity index is 172. The van der Waals surface area contributed by atoms with Gasteiger partial charge in [-0.15, -0.1) is 0 Å². The van der Waals surface area contributed by atoms with Crippen LogP contribution in [0.2, 0.25) is 0 Å². The van der Waals surface area contributed by atoms with Crippen LogP contribution in [-0.4, -0.2) is 30.7 Å². The quantitative estimate of drug-likeness (QED) is 0.380. The summed E-state index contributed by atoms with van der Waals surface area (Å²) in [6.07, 6.45) is 0. The van der Waals surface area contributed by atoms with Crippen LogP contribution in [0.1, 0.15) is 6.92 Å². The Labute approximate surface area is 59.4 Å². The van der Waals surface area contributed by atoms with Gasteiger partial charge in [0, 0.05) is 13.1 Å². The summed E-state index contributed by atoms with van der Waals surface area (Å²) in [5.74, 6) is 0.0648. The molecule has 0 radical (unpaired) electrons. The molecule has 3 saturated heterocycles. The second kappa shape index (κ2) is 1.71. The number of carbonyl (C=O) groups excluding carboxylic acids is 1. The Balaban J connectivity index is 2.25. The summed E-state index contributed by atoms with van der Waals surface area (Å²) < 4.78 is 0. The number of amides is 1. The van der Waals surface area contributed by atoms with E-state index in [0.29, 0.717) is 0 Å². The molecule has 0 saturated carbocycles. The smallest absolute Gasteiger partial charge is 0.255 e. The highest BCUT2D eigenvalue weighted by molar-refractivity contribution is 5.87. The molecule has 4 nitrogen and oxygen atoms in total. The molecule has 3 heterocycles. The van der Waals surface area contributed by atoms with Crippen molar-refractivity contribution in [3.63, 3.8) is 0 Å². The van der Waals surface area contributed by atoms with Crippen molar-refractivity contribution < 1.29 is 4.79 Å². The monoisotopic (exact) mass is 141 g/mol. The first-order valence-corrected chi connectivity index (χ1v) is 3.52. The summed E-state index contributed by atoms with van der Waals surface area (Å²) in [4.78, 5) is 11.1. The van der Waals surface area contributed by atoms with E-state index in [0.717, 1.165) is 13.1 Å². The van der Waals surface area contributed by atoms with Crippen LogP contribution >= 0.6 is 0 Å². The van der Waals surface area contributed by atoms with Gasteiger partial charge in [0.15, 0.2) is 0 Å². The number of hydrogen-bond acceptors (Lipinski definition) is 3. The van der Waals surface area contributed by atoms with Gasteiger partial charge in [-0.2, -0.15) is 0 Å². The maximum Gasteiger partial charge on any atom is 0.255 e. The average Bonchev–Trinajstić information content (AvgIpc) is 1.92.